The fourth-order valence-electron chi connectivity index (χ4n) is 4.78. The number of rotatable bonds is 6. The van der Waals surface area contributed by atoms with Gasteiger partial charge in [0.25, 0.3) is 0 Å². The molecule has 1 aliphatic carbocycles. The number of aliphatic hydroxyl groups excluding tert-OH is 1. The minimum atomic E-state index is -2.59. The van der Waals surface area contributed by atoms with Gasteiger partial charge in [-0.2, -0.15) is 0 Å². The summed E-state index contributed by atoms with van der Waals surface area (Å²) in [6, 6.07) is 5.49. The van der Waals surface area contributed by atoms with Gasteiger partial charge in [-0.3, -0.25) is 4.79 Å². The highest BCUT2D eigenvalue weighted by Crippen LogP contribution is 2.49. The molecule has 1 amide bonds. The average Bonchev–Trinajstić information content (AvgIpc) is 2.97. The van der Waals surface area contributed by atoms with E-state index in [9.17, 15) is 18.7 Å². The maximum atomic E-state index is 13.5. The first kappa shape index (κ1) is 20.4. The number of alkyl halides is 2. The minimum Gasteiger partial charge on any atom is -0.395 e. The van der Waals surface area contributed by atoms with Crippen molar-refractivity contribution in [3.8, 4) is 0 Å². The second-order valence-corrected chi connectivity index (χ2v) is 8.41. The highest BCUT2D eigenvalue weighted by molar-refractivity contribution is 6.40. The predicted molar refractivity (Wildman–Crippen MR) is 108 cm³/mol. The molecule has 0 atom stereocenters. The molecule has 0 spiro atoms. The van der Waals surface area contributed by atoms with E-state index in [2.05, 4.69) is 5.32 Å². The zero-order valence-electron chi connectivity index (χ0n) is 16.3. The normalized spacial score (nSPS) is 21.1. The quantitative estimate of drug-likeness (QED) is 0.731. The number of ether oxygens (including phenoxy) is 1. The summed E-state index contributed by atoms with van der Waals surface area (Å²) in [4.78, 5) is 12.9. The van der Waals surface area contributed by atoms with Crippen molar-refractivity contribution in [2.75, 3.05) is 25.1 Å². The van der Waals surface area contributed by atoms with Gasteiger partial charge in [0.2, 0.25) is 11.8 Å². The number of halogens is 2. The van der Waals surface area contributed by atoms with Crippen LogP contribution in [0, 0.1) is 11.3 Å². The van der Waals surface area contributed by atoms with Crippen LogP contribution in [0.3, 0.4) is 0 Å². The number of aliphatic hydroxyl groups is 1. The Morgan fingerprint density at radius 3 is 2.66 bits per heavy atom. The van der Waals surface area contributed by atoms with Gasteiger partial charge in [-0.25, -0.2) is 8.78 Å². The Morgan fingerprint density at radius 2 is 2.03 bits per heavy atom. The molecule has 0 bridgehead atoms. The minimum absolute atomic E-state index is 0.0290. The van der Waals surface area contributed by atoms with Crippen molar-refractivity contribution >= 4 is 35.8 Å². The molecule has 1 aromatic carbocycles. The van der Waals surface area contributed by atoms with Crippen molar-refractivity contribution in [3.05, 3.63) is 24.4 Å². The van der Waals surface area contributed by atoms with E-state index >= 15 is 0 Å². The second-order valence-electron chi connectivity index (χ2n) is 8.41. The van der Waals surface area contributed by atoms with Crippen LogP contribution in [0.5, 0.6) is 0 Å². The van der Waals surface area contributed by atoms with Crippen LogP contribution in [-0.4, -0.2) is 49.2 Å². The number of nitrogens with zero attached hydrogens (tertiary/aromatic N) is 1. The predicted octanol–water partition coefficient (Wildman–Crippen LogP) is 2.60. The number of carbonyl (C=O) groups is 1. The smallest absolute Gasteiger partial charge is 0.248 e. The molecule has 29 heavy (non-hydrogen) atoms. The molecule has 1 saturated heterocycles. The lowest BCUT2D eigenvalue weighted by atomic mass is 9.65. The highest BCUT2D eigenvalue weighted by Gasteiger charge is 2.50. The number of nitrogens with one attached hydrogen (secondary N) is 1. The molecule has 2 radical (unpaired) electrons. The number of anilines is 1. The van der Waals surface area contributed by atoms with E-state index in [4.69, 9.17) is 12.6 Å². The van der Waals surface area contributed by atoms with Gasteiger partial charge in [-0.1, -0.05) is 17.6 Å². The molecular weight excluding hydrogens is 377 g/mol. The number of hydrogen-bond donors (Lipinski definition) is 2. The first-order valence-corrected chi connectivity index (χ1v) is 10.1. The summed E-state index contributed by atoms with van der Waals surface area (Å²) in [5.74, 6) is -2.68. The van der Waals surface area contributed by atoms with Crippen molar-refractivity contribution in [3.63, 3.8) is 0 Å². The first-order valence-electron chi connectivity index (χ1n) is 10.1. The number of hydrogen-bond acceptors (Lipinski definition) is 3. The summed E-state index contributed by atoms with van der Waals surface area (Å²) in [7, 11) is 6.13. The third-order valence-corrected chi connectivity index (χ3v) is 6.43. The molecule has 1 saturated carbocycles. The molecule has 8 heteroatoms. The molecule has 1 aliphatic heterocycles. The fourth-order valence-corrected chi connectivity index (χ4v) is 4.78. The van der Waals surface area contributed by atoms with Gasteiger partial charge in [0.15, 0.2) is 0 Å². The van der Waals surface area contributed by atoms with Crippen LogP contribution < -0.4 is 10.8 Å². The number of aromatic nitrogens is 1. The summed E-state index contributed by atoms with van der Waals surface area (Å²) in [6.45, 7) is 1.23. The van der Waals surface area contributed by atoms with Crippen molar-refractivity contribution < 1.29 is 23.4 Å². The van der Waals surface area contributed by atoms with Crippen molar-refractivity contribution in [1.29, 1.82) is 0 Å². The standard InChI is InChI=1S/C21H25BF2N2O3/c22-15-2-1-3-17-19(15)16(11-26(17)8-9-27)25-18(28)10-20(12-29-13-20)14-4-6-21(23,24)7-5-14/h1-3,11,14,27H,4-10,12-13H2,(H,25,28). The molecule has 2 aromatic rings. The number of amides is 1. The fraction of sp³-hybridized carbons (Fsp3) is 0.571. The Kier molecular flexibility index (Phi) is 5.42. The van der Waals surface area contributed by atoms with E-state index in [1.165, 1.54) is 0 Å². The van der Waals surface area contributed by atoms with E-state index in [-0.39, 0.29) is 43.1 Å². The van der Waals surface area contributed by atoms with Crippen molar-refractivity contribution in [1.82, 2.24) is 4.57 Å². The van der Waals surface area contributed by atoms with E-state index < -0.39 is 5.92 Å². The van der Waals surface area contributed by atoms with Crippen LogP contribution in [0.2, 0.25) is 0 Å². The van der Waals surface area contributed by atoms with Gasteiger partial charge in [-0.05, 0) is 24.8 Å². The third-order valence-electron chi connectivity index (χ3n) is 6.43. The lowest BCUT2D eigenvalue weighted by Gasteiger charge is -2.49. The van der Waals surface area contributed by atoms with Gasteiger partial charge in [0, 0.05) is 48.3 Å². The molecular formula is C21H25BF2N2O3. The van der Waals surface area contributed by atoms with Gasteiger partial charge in [0.1, 0.15) is 7.85 Å². The summed E-state index contributed by atoms with van der Waals surface area (Å²) in [5, 5.41) is 13.0. The number of carbonyl (C=O) groups excluding carboxylic acids is 1. The van der Waals surface area contributed by atoms with Crippen LogP contribution >= 0.6 is 0 Å². The van der Waals surface area contributed by atoms with Gasteiger partial charge in [-0.15, -0.1) is 0 Å². The van der Waals surface area contributed by atoms with E-state index in [0.29, 0.717) is 43.8 Å². The monoisotopic (exact) mass is 402 g/mol. The third kappa shape index (κ3) is 3.92. The molecule has 154 valence electrons. The van der Waals surface area contributed by atoms with Gasteiger partial charge in [0.05, 0.1) is 25.5 Å². The largest absolute Gasteiger partial charge is 0.395 e. The summed E-state index contributed by atoms with van der Waals surface area (Å²) >= 11 is 0. The van der Waals surface area contributed by atoms with Crippen LogP contribution in [0.4, 0.5) is 14.5 Å². The van der Waals surface area contributed by atoms with E-state index in [1.54, 1.807) is 12.3 Å². The Bertz CT molecular complexity index is 901. The van der Waals surface area contributed by atoms with Crippen LogP contribution in [0.25, 0.3) is 10.9 Å². The number of benzene rings is 1. The Labute approximate surface area is 169 Å². The van der Waals surface area contributed by atoms with Crippen LogP contribution in [-0.2, 0) is 16.1 Å². The highest BCUT2D eigenvalue weighted by atomic mass is 19.3. The summed E-state index contributed by atoms with van der Waals surface area (Å²) in [6.07, 6.45) is 2.63. The number of fused-ring (bicyclic) bond motifs is 1. The maximum Gasteiger partial charge on any atom is 0.248 e. The second kappa shape index (κ2) is 7.72. The molecule has 5 nitrogen and oxygen atoms in total. The average molecular weight is 402 g/mol. The lowest BCUT2D eigenvalue weighted by molar-refractivity contribution is -0.174. The zero-order valence-corrected chi connectivity index (χ0v) is 16.3. The topological polar surface area (TPSA) is 63.5 Å². The maximum absolute atomic E-state index is 13.5. The molecule has 2 heterocycles. The molecule has 2 N–H and O–H groups in total. The molecule has 1 aromatic heterocycles. The Morgan fingerprint density at radius 1 is 1.31 bits per heavy atom. The van der Waals surface area contributed by atoms with Crippen LogP contribution in [0.15, 0.2) is 24.4 Å². The molecule has 2 aliphatic rings. The Balaban J connectivity index is 1.51. The van der Waals surface area contributed by atoms with Crippen molar-refractivity contribution in [2.45, 2.75) is 44.6 Å². The SMILES string of the molecule is [B]c1cccc2c1c(NC(=O)CC1(C3CCC(F)(F)CC3)COC1)cn2CCO. The van der Waals surface area contributed by atoms with E-state index in [1.807, 2.05) is 16.7 Å². The lowest BCUT2D eigenvalue weighted by Crippen LogP contribution is -2.52. The first-order chi connectivity index (χ1) is 13.8. The summed E-state index contributed by atoms with van der Waals surface area (Å²) in [5.41, 5.74) is 1.62. The molecule has 4 rings (SSSR count). The molecule has 2 fully saturated rings. The van der Waals surface area contributed by atoms with Gasteiger partial charge < -0.3 is 19.7 Å². The van der Waals surface area contributed by atoms with Crippen molar-refractivity contribution in [2.24, 2.45) is 11.3 Å². The summed E-state index contributed by atoms with van der Waals surface area (Å²) < 4.78 is 34.3. The van der Waals surface area contributed by atoms with Gasteiger partial charge >= 0.3 is 0 Å². The zero-order chi connectivity index (χ0) is 20.6. The molecule has 0 unspecified atom stereocenters. The van der Waals surface area contributed by atoms with E-state index in [0.717, 1.165) is 10.9 Å². The Hall–Kier alpha value is -1.93. The van der Waals surface area contributed by atoms with Crippen LogP contribution in [0.1, 0.15) is 32.1 Å².